The molecule has 0 radical (unpaired) electrons. The molecule has 1 aliphatic heterocycles. The van der Waals surface area contributed by atoms with Crippen LogP contribution >= 0.6 is 23.2 Å². The summed E-state index contributed by atoms with van der Waals surface area (Å²) in [5, 5.41) is 0.965. The Balaban J connectivity index is 1.68. The van der Waals surface area contributed by atoms with E-state index in [1.807, 2.05) is 17.0 Å². The minimum absolute atomic E-state index is 0.191. The van der Waals surface area contributed by atoms with E-state index < -0.39 is 0 Å². The van der Waals surface area contributed by atoms with Gasteiger partial charge in [-0.15, -0.1) is 0 Å². The molecule has 148 valence electrons. The fraction of sp³-hybridized carbons (Fsp3) is 0.300. The number of aryl methyl sites for hydroxylation is 1. The zero-order valence-corrected chi connectivity index (χ0v) is 17.1. The van der Waals surface area contributed by atoms with Crippen LogP contribution in [0.5, 0.6) is 5.75 Å². The highest BCUT2D eigenvalue weighted by atomic mass is 35.5. The van der Waals surface area contributed by atoms with Gasteiger partial charge in [-0.2, -0.15) is 4.99 Å². The summed E-state index contributed by atoms with van der Waals surface area (Å²) in [6, 6.07) is 13.4. The highest BCUT2D eigenvalue weighted by molar-refractivity contribution is 6.42. The summed E-state index contributed by atoms with van der Waals surface area (Å²) in [7, 11) is 0. The topological polar surface area (TPSA) is 89.2 Å². The lowest BCUT2D eigenvalue weighted by molar-refractivity contribution is 0.257. The molecule has 0 saturated heterocycles. The van der Waals surface area contributed by atoms with Gasteiger partial charge in [0.25, 0.3) is 0 Å². The highest BCUT2D eigenvalue weighted by Crippen LogP contribution is 2.29. The summed E-state index contributed by atoms with van der Waals surface area (Å²) >= 11 is 11.9. The van der Waals surface area contributed by atoms with E-state index in [1.54, 1.807) is 18.2 Å². The molecule has 28 heavy (non-hydrogen) atoms. The van der Waals surface area contributed by atoms with Gasteiger partial charge in [0.15, 0.2) is 6.17 Å². The second kappa shape index (κ2) is 9.17. The normalized spacial score (nSPS) is 16.5. The van der Waals surface area contributed by atoms with Crippen molar-refractivity contribution in [2.24, 2.45) is 21.5 Å². The molecule has 8 heteroatoms. The first-order valence-electron chi connectivity index (χ1n) is 9.09. The maximum Gasteiger partial charge on any atom is 0.220 e. The first-order valence-corrected chi connectivity index (χ1v) is 9.85. The standard InChI is InChI=1S/C20H23Cl2N5O/c1-2-13-6-3-4-7-15(13)18-25-19(23)26-20(24)27(18)10-5-11-28-14-8-9-16(21)17(22)12-14/h3-4,6-9,12,18H,2,5,10-11H2,1H3,(H4,23,24,25,26). The van der Waals surface area contributed by atoms with Gasteiger partial charge in [-0.1, -0.05) is 54.4 Å². The number of halogens is 2. The Morgan fingerprint density at radius 2 is 1.89 bits per heavy atom. The molecule has 0 aliphatic carbocycles. The molecule has 1 aliphatic rings. The summed E-state index contributed by atoms with van der Waals surface area (Å²) in [4.78, 5) is 10.6. The number of aliphatic imine (C=N–C) groups is 2. The van der Waals surface area contributed by atoms with Crippen LogP contribution in [0.25, 0.3) is 0 Å². The van der Waals surface area contributed by atoms with Crippen molar-refractivity contribution in [3.63, 3.8) is 0 Å². The zero-order chi connectivity index (χ0) is 20.1. The molecule has 1 unspecified atom stereocenters. The summed E-state index contributed by atoms with van der Waals surface area (Å²) in [5.41, 5.74) is 14.3. The first-order chi connectivity index (χ1) is 13.5. The van der Waals surface area contributed by atoms with E-state index in [1.165, 1.54) is 5.56 Å². The fourth-order valence-electron chi connectivity index (χ4n) is 3.10. The number of nitrogens with zero attached hydrogens (tertiary/aromatic N) is 3. The van der Waals surface area contributed by atoms with Gasteiger partial charge < -0.3 is 21.1 Å². The van der Waals surface area contributed by atoms with Crippen LogP contribution < -0.4 is 16.2 Å². The molecule has 1 heterocycles. The van der Waals surface area contributed by atoms with Gasteiger partial charge in [0.1, 0.15) is 5.75 Å². The maximum absolute atomic E-state index is 6.16. The molecular weight excluding hydrogens is 397 g/mol. The van der Waals surface area contributed by atoms with E-state index in [0.717, 1.165) is 18.4 Å². The number of guanidine groups is 2. The van der Waals surface area contributed by atoms with Crippen LogP contribution in [-0.4, -0.2) is 30.0 Å². The van der Waals surface area contributed by atoms with Gasteiger partial charge >= 0.3 is 0 Å². The lowest BCUT2D eigenvalue weighted by atomic mass is 10.0. The van der Waals surface area contributed by atoms with Crippen LogP contribution in [0.1, 0.15) is 30.6 Å². The van der Waals surface area contributed by atoms with Gasteiger partial charge in [0.05, 0.1) is 16.7 Å². The molecule has 0 spiro atoms. The molecule has 0 bridgehead atoms. The first kappa shape index (κ1) is 20.3. The van der Waals surface area contributed by atoms with Crippen molar-refractivity contribution < 1.29 is 4.74 Å². The van der Waals surface area contributed by atoms with Crippen molar-refractivity contribution in [3.05, 3.63) is 63.6 Å². The average Bonchev–Trinajstić information content (AvgIpc) is 2.68. The lowest BCUT2D eigenvalue weighted by Gasteiger charge is -2.33. The van der Waals surface area contributed by atoms with Crippen LogP contribution in [0.3, 0.4) is 0 Å². The predicted octanol–water partition coefficient (Wildman–Crippen LogP) is 3.97. The number of nitrogens with two attached hydrogens (primary N) is 2. The number of rotatable bonds is 7. The Morgan fingerprint density at radius 1 is 1.11 bits per heavy atom. The van der Waals surface area contributed by atoms with Crippen molar-refractivity contribution >= 4 is 35.1 Å². The molecule has 3 rings (SSSR count). The van der Waals surface area contributed by atoms with E-state index in [0.29, 0.717) is 34.9 Å². The predicted molar refractivity (Wildman–Crippen MR) is 115 cm³/mol. The molecule has 2 aromatic rings. The van der Waals surface area contributed by atoms with Crippen molar-refractivity contribution in [2.45, 2.75) is 25.9 Å². The van der Waals surface area contributed by atoms with E-state index in [2.05, 4.69) is 29.0 Å². The van der Waals surface area contributed by atoms with Gasteiger partial charge in [0, 0.05) is 12.6 Å². The van der Waals surface area contributed by atoms with Crippen molar-refractivity contribution in [2.75, 3.05) is 13.2 Å². The molecule has 0 fully saturated rings. The van der Waals surface area contributed by atoms with Crippen LogP contribution in [0, 0.1) is 0 Å². The Morgan fingerprint density at radius 3 is 2.64 bits per heavy atom. The smallest absolute Gasteiger partial charge is 0.220 e. The molecular formula is C20H23Cl2N5O. The monoisotopic (exact) mass is 419 g/mol. The Kier molecular flexibility index (Phi) is 6.65. The van der Waals surface area contributed by atoms with E-state index >= 15 is 0 Å². The number of hydrogen-bond donors (Lipinski definition) is 2. The van der Waals surface area contributed by atoms with Gasteiger partial charge in [-0.3, -0.25) is 0 Å². The molecule has 4 N–H and O–H groups in total. The van der Waals surface area contributed by atoms with Gasteiger partial charge in [-0.25, -0.2) is 4.99 Å². The zero-order valence-electron chi connectivity index (χ0n) is 15.6. The van der Waals surface area contributed by atoms with Crippen LogP contribution in [-0.2, 0) is 6.42 Å². The van der Waals surface area contributed by atoms with Gasteiger partial charge in [0.2, 0.25) is 11.9 Å². The number of benzene rings is 2. The average molecular weight is 420 g/mol. The second-order valence-electron chi connectivity index (χ2n) is 6.35. The molecule has 6 nitrogen and oxygen atoms in total. The quantitative estimate of drug-likeness (QED) is 0.664. The van der Waals surface area contributed by atoms with Crippen LogP contribution in [0.4, 0.5) is 0 Å². The van der Waals surface area contributed by atoms with E-state index in [9.17, 15) is 0 Å². The van der Waals surface area contributed by atoms with Crippen molar-refractivity contribution in [1.82, 2.24) is 4.90 Å². The van der Waals surface area contributed by atoms with E-state index in [4.69, 9.17) is 39.4 Å². The Hall–Kier alpha value is -2.44. The van der Waals surface area contributed by atoms with Crippen molar-refractivity contribution in [3.8, 4) is 5.75 Å². The summed E-state index contributed by atoms with van der Waals surface area (Å²) < 4.78 is 5.76. The summed E-state index contributed by atoms with van der Waals surface area (Å²) in [5.74, 6) is 1.22. The van der Waals surface area contributed by atoms with Crippen LogP contribution in [0.2, 0.25) is 10.0 Å². The maximum atomic E-state index is 6.16. The number of hydrogen-bond acceptors (Lipinski definition) is 6. The molecule has 0 aromatic heterocycles. The minimum Gasteiger partial charge on any atom is -0.493 e. The van der Waals surface area contributed by atoms with Gasteiger partial charge in [-0.05, 0) is 36.1 Å². The molecule has 0 saturated carbocycles. The largest absolute Gasteiger partial charge is 0.493 e. The second-order valence-corrected chi connectivity index (χ2v) is 7.17. The van der Waals surface area contributed by atoms with Crippen molar-refractivity contribution in [1.29, 1.82) is 0 Å². The summed E-state index contributed by atoms with van der Waals surface area (Å²) in [6.07, 6.45) is 1.32. The number of ether oxygens (including phenoxy) is 1. The molecule has 0 amide bonds. The molecule has 2 aromatic carbocycles. The SMILES string of the molecule is CCc1ccccc1C1N=C(N)N=C(N)N1CCCOc1ccc(Cl)c(Cl)c1. The minimum atomic E-state index is -0.293. The summed E-state index contributed by atoms with van der Waals surface area (Å²) in [6.45, 7) is 3.22. The highest BCUT2D eigenvalue weighted by Gasteiger charge is 2.26. The van der Waals surface area contributed by atoms with Crippen LogP contribution in [0.15, 0.2) is 52.4 Å². The Labute approximate surface area is 174 Å². The molecule has 1 atom stereocenters. The third kappa shape index (κ3) is 4.69. The lowest BCUT2D eigenvalue weighted by Crippen LogP contribution is -2.45. The third-order valence-electron chi connectivity index (χ3n) is 4.49. The third-order valence-corrected chi connectivity index (χ3v) is 5.23. The van der Waals surface area contributed by atoms with E-state index in [-0.39, 0.29) is 12.1 Å². The Bertz CT molecular complexity index is 900. The fourth-order valence-corrected chi connectivity index (χ4v) is 3.39.